The maximum absolute atomic E-state index is 12.7. The number of piperidine rings is 1. The molecular weight excluding hydrogens is 330 g/mol. The van der Waals surface area contributed by atoms with Crippen LogP contribution in [0.4, 0.5) is 0 Å². The van der Waals surface area contributed by atoms with E-state index in [1.54, 1.807) is 35.4 Å². The molecule has 6 heteroatoms. The molecule has 2 aromatic heterocycles. The first-order chi connectivity index (χ1) is 12.7. The first-order valence-electron chi connectivity index (χ1n) is 8.66. The molecule has 26 heavy (non-hydrogen) atoms. The quantitative estimate of drug-likeness (QED) is 0.787. The Kier molecular flexibility index (Phi) is 4.39. The van der Waals surface area contributed by atoms with E-state index >= 15 is 0 Å². The highest BCUT2D eigenvalue weighted by Crippen LogP contribution is 2.23. The Labute approximate surface area is 151 Å². The van der Waals surface area contributed by atoms with Gasteiger partial charge in [0.2, 0.25) is 0 Å². The minimum absolute atomic E-state index is 0.0343. The van der Waals surface area contributed by atoms with Crippen LogP contribution >= 0.6 is 0 Å². The van der Waals surface area contributed by atoms with Gasteiger partial charge in [-0.1, -0.05) is 6.07 Å². The van der Waals surface area contributed by atoms with Crippen molar-refractivity contribution in [2.75, 3.05) is 13.1 Å². The molecule has 1 aliphatic rings. The van der Waals surface area contributed by atoms with Crippen LogP contribution in [0.2, 0.25) is 0 Å². The van der Waals surface area contributed by atoms with Gasteiger partial charge in [0, 0.05) is 43.6 Å². The van der Waals surface area contributed by atoms with Crippen molar-refractivity contribution < 1.29 is 14.6 Å². The molecule has 3 heterocycles. The number of pyridine rings is 2. The zero-order valence-electron chi connectivity index (χ0n) is 14.2. The molecule has 0 spiro atoms. The van der Waals surface area contributed by atoms with Gasteiger partial charge in [0.05, 0.1) is 0 Å². The van der Waals surface area contributed by atoms with E-state index < -0.39 is 0 Å². The highest BCUT2D eigenvalue weighted by atomic mass is 16.5. The molecule has 1 saturated heterocycles. The largest absolute Gasteiger partial charge is 0.508 e. The van der Waals surface area contributed by atoms with Crippen molar-refractivity contribution in [3.63, 3.8) is 0 Å². The van der Waals surface area contributed by atoms with Crippen LogP contribution in [0, 0.1) is 0 Å². The van der Waals surface area contributed by atoms with Crippen LogP contribution in [0.5, 0.6) is 11.5 Å². The SMILES string of the molecule is O=C(c1ccc2cccnc2n1)N1CCC(Oc2cccc(O)c2)CC1. The number of aromatic hydroxyl groups is 1. The van der Waals surface area contributed by atoms with Gasteiger partial charge in [0.1, 0.15) is 23.3 Å². The molecule has 0 aliphatic carbocycles. The lowest BCUT2D eigenvalue weighted by atomic mass is 10.1. The predicted molar refractivity (Wildman–Crippen MR) is 97.2 cm³/mol. The van der Waals surface area contributed by atoms with E-state index in [4.69, 9.17) is 4.74 Å². The molecule has 1 aliphatic heterocycles. The molecule has 1 amide bonds. The summed E-state index contributed by atoms with van der Waals surface area (Å²) in [4.78, 5) is 23.1. The second-order valence-corrected chi connectivity index (χ2v) is 6.35. The van der Waals surface area contributed by atoms with Crippen LogP contribution in [0.3, 0.4) is 0 Å². The predicted octanol–water partition coefficient (Wildman–Crippen LogP) is 3.02. The fraction of sp³-hybridized carbons (Fsp3) is 0.250. The molecule has 1 fully saturated rings. The Bertz CT molecular complexity index is 936. The minimum Gasteiger partial charge on any atom is -0.508 e. The highest BCUT2D eigenvalue weighted by molar-refractivity contribution is 5.94. The van der Waals surface area contributed by atoms with Gasteiger partial charge in [-0.15, -0.1) is 0 Å². The zero-order valence-corrected chi connectivity index (χ0v) is 14.2. The lowest BCUT2D eigenvalue weighted by molar-refractivity contribution is 0.0590. The van der Waals surface area contributed by atoms with E-state index in [1.165, 1.54) is 0 Å². The van der Waals surface area contributed by atoms with Gasteiger partial charge in [0.15, 0.2) is 5.65 Å². The summed E-state index contributed by atoms with van der Waals surface area (Å²) < 4.78 is 5.90. The molecule has 0 unspecified atom stereocenters. The van der Waals surface area contributed by atoms with E-state index in [0.717, 1.165) is 18.2 Å². The van der Waals surface area contributed by atoms with Gasteiger partial charge in [-0.2, -0.15) is 0 Å². The summed E-state index contributed by atoms with van der Waals surface area (Å²) in [5.74, 6) is 0.761. The Morgan fingerprint density at radius 3 is 2.77 bits per heavy atom. The Morgan fingerprint density at radius 2 is 1.96 bits per heavy atom. The molecule has 0 bridgehead atoms. The van der Waals surface area contributed by atoms with Crippen LogP contribution in [0.15, 0.2) is 54.7 Å². The lowest BCUT2D eigenvalue weighted by Crippen LogP contribution is -2.42. The highest BCUT2D eigenvalue weighted by Gasteiger charge is 2.25. The third-order valence-electron chi connectivity index (χ3n) is 4.53. The van der Waals surface area contributed by atoms with Gasteiger partial charge >= 0.3 is 0 Å². The van der Waals surface area contributed by atoms with Crippen LogP contribution in [-0.2, 0) is 0 Å². The number of ether oxygens (including phenoxy) is 1. The minimum atomic E-state index is -0.0756. The van der Waals surface area contributed by atoms with Gasteiger partial charge < -0.3 is 14.7 Å². The van der Waals surface area contributed by atoms with E-state index in [-0.39, 0.29) is 17.8 Å². The van der Waals surface area contributed by atoms with Crippen LogP contribution in [0.1, 0.15) is 23.3 Å². The van der Waals surface area contributed by atoms with Crippen molar-refractivity contribution in [3.05, 3.63) is 60.4 Å². The number of benzene rings is 1. The van der Waals surface area contributed by atoms with E-state index in [0.29, 0.717) is 30.2 Å². The summed E-state index contributed by atoms with van der Waals surface area (Å²) in [6.45, 7) is 1.23. The maximum Gasteiger partial charge on any atom is 0.272 e. The standard InChI is InChI=1S/C20H19N3O3/c24-15-4-1-5-17(13-15)26-16-8-11-23(12-9-16)20(25)18-7-6-14-3-2-10-21-19(14)22-18/h1-7,10,13,16,24H,8-9,11-12H2. The Morgan fingerprint density at radius 1 is 1.12 bits per heavy atom. The molecule has 4 rings (SSSR count). The second-order valence-electron chi connectivity index (χ2n) is 6.35. The number of hydrogen-bond acceptors (Lipinski definition) is 5. The first kappa shape index (κ1) is 16.3. The molecule has 0 radical (unpaired) electrons. The Balaban J connectivity index is 1.39. The number of carbonyl (C=O) groups is 1. The second kappa shape index (κ2) is 7.00. The Hall–Kier alpha value is -3.15. The summed E-state index contributed by atoms with van der Waals surface area (Å²) in [6, 6.07) is 14.2. The third-order valence-corrected chi connectivity index (χ3v) is 4.53. The lowest BCUT2D eigenvalue weighted by Gasteiger charge is -2.32. The number of phenols is 1. The van der Waals surface area contributed by atoms with Gasteiger partial charge in [-0.25, -0.2) is 9.97 Å². The van der Waals surface area contributed by atoms with Gasteiger partial charge in [0.25, 0.3) is 5.91 Å². The molecule has 3 aromatic rings. The van der Waals surface area contributed by atoms with Crippen LogP contribution < -0.4 is 4.74 Å². The number of likely N-dealkylation sites (tertiary alicyclic amines) is 1. The van der Waals surface area contributed by atoms with Gasteiger partial charge in [-0.3, -0.25) is 4.79 Å². The molecule has 0 saturated carbocycles. The number of fused-ring (bicyclic) bond motifs is 1. The molecule has 0 atom stereocenters. The smallest absolute Gasteiger partial charge is 0.272 e. The molecule has 1 N–H and O–H groups in total. The summed E-state index contributed by atoms with van der Waals surface area (Å²) in [5.41, 5.74) is 1.00. The fourth-order valence-corrected chi connectivity index (χ4v) is 3.16. The topological polar surface area (TPSA) is 75.6 Å². The van der Waals surface area contributed by atoms with Crippen LogP contribution in [-0.4, -0.2) is 45.1 Å². The number of hydrogen-bond donors (Lipinski definition) is 1. The molecule has 132 valence electrons. The number of nitrogens with zero attached hydrogens (tertiary/aromatic N) is 3. The molecule has 6 nitrogen and oxygen atoms in total. The van der Waals surface area contributed by atoms with Crippen molar-refractivity contribution in [1.29, 1.82) is 0 Å². The summed E-state index contributed by atoms with van der Waals surface area (Å²) in [7, 11) is 0. The molecular formula is C20H19N3O3. The number of amides is 1. The van der Waals surface area contributed by atoms with Gasteiger partial charge in [-0.05, 0) is 36.4 Å². The summed E-state index contributed by atoms with van der Waals surface area (Å²) >= 11 is 0. The van der Waals surface area contributed by atoms with Crippen molar-refractivity contribution in [2.24, 2.45) is 0 Å². The number of aromatic nitrogens is 2. The summed E-state index contributed by atoms with van der Waals surface area (Å²) in [6.07, 6.45) is 3.20. The van der Waals surface area contributed by atoms with Crippen molar-refractivity contribution in [2.45, 2.75) is 18.9 Å². The van der Waals surface area contributed by atoms with E-state index in [2.05, 4.69) is 9.97 Å². The average Bonchev–Trinajstić information content (AvgIpc) is 2.68. The van der Waals surface area contributed by atoms with E-state index in [9.17, 15) is 9.90 Å². The third kappa shape index (κ3) is 3.44. The van der Waals surface area contributed by atoms with Crippen molar-refractivity contribution >= 4 is 16.9 Å². The summed E-state index contributed by atoms with van der Waals surface area (Å²) in [5, 5.41) is 10.4. The fourth-order valence-electron chi connectivity index (χ4n) is 3.16. The number of rotatable bonds is 3. The number of phenolic OH excluding ortho intramolecular Hbond substituents is 1. The first-order valence-corrected chi connectivity index (χ1v) is 8.66. The van der Waals surface area contributed by atoms with E-state index in [1.807, 2.05) is 24.3 Å². The normalized spacial score (nSPS) is 15.2. The van der Waals surface area contributed by atoms with Crippen molar-refractivity contribution in [1.82, 2.24) is 14.9 Å². The monoisotopic (exact) mass is 349 g/mol. The maximum atomic E-state index is 12.7. The molecule has 1 aromatic carbocycles. The zero-order chi connectivity index (χ0) is 17.9. The number of carbonyl (C=O) groups excluding carboxylic acids is 1. The van der Waals surface area contributed by atoms with Crippen LogP contribution in [0.25, 0.3) is 11.0 Å². The average molecular weight is 349 g/mol. The van der Waals surface area contributed by atoms with Crippen molar-refractivity contribution in [3.8, 4) is 11.5 Å².